The molecule has 0 spiro atoms. The topological polar surface area (TPSA) is 57.5 Å². The molecule has 0 saturated heterocycles. The van der Waals surface area contributed by atoms with E-state index in [2.05, 4.69) is 0 Å². The molecule has 0 radical (unpaired) electrons. The van der Waals surface area contributed by atoms with Gasteiger partial charge >= 0.3 is 5.97 Å². The zero-order chi connectivity index (χ0) is 13.3. The van der Waals surface area contributed by atoms with Crippen molar-refractivity contribution in [1.82, 2.24) is 0 Å². The summed E-state index contributed by atoms with van der Waals surface area (Å²) >= 11 is 1.48. The molecular formula is C14H14O3S. The fourth-order valence-corrected chi connectivity index (χ4v) is 3.04. The van der Waals surface area contributed by atoms with Crippen LogP contribution in [0.5, 0.6) is 0 Å². The lowest BCUT2D eigenvalue weighted by Crippen LogP contribution is -2.37. The normalized spacial score (nSPS) is 14.2. The fraction of sp³-hybridized carbons (Fsp3) is 0.214. The number of carboxylic acid groups (broad SMARTS) is 1. The Kier molecular flexibility index (Phi) is 3.24. The van der Waals surface area contributed by atoms with Crippen molar-refractivity contribution < 1.29 is 15.0 Å². The number of benzene rings is 1. The minimum atomic E-state index is -1.98. The maximum atomic E-state index is 11.5. The van der Waals surface area contributed by atoms with E-state index in [0.717, 1.165) is 9.75 Å². The summed E-state index contributed by atoms with van der Waals surface area (Å²) in [7, 11) is 0. The summed E-state index contributed by atoms with van der Waals surface area (Å²) < 4.78 is 0. The van der Waals surface area contributed by atoms with Crippen LogP contribution >= 0.6 is 11.3 Å². The molecule has 2 aromatic rings. The van der Waals surface area contributed by atoms with E-state index < -0.39 is 11.6 Å². The van der Waals surface area contributed by atoms with Gasteiger partial charge in [0.15, 0.2) is 0 Å². The lowest BCUT2D eigenvalue weighted by Gasteiger charge is -2.24. The zero-order valence-electron chi connectivity index (χ0n) is 10.2. The average molecular weight is 262 g/mol. The van der Waals surface area contributed by atoms with E-state index in [1.165, 1.54) is 11.3 Å². The van der Waals surface area contributed by atoms with Crippen LogP contribution in [-0.2, 0) is 10.4 Å². The standard InChI is InChI=1S/C14H14O3S/c1-9-8-12(10(2)18-9)14(17,13(15)16)11-6-4-3-5-7-11/h3-8,17H,1-2H3,(H,15,16). The zero-order valence-corrected chi connectivity index (χ0v) is 11.0. The van der Waals surface area contributed by atoms with Crippen molar-refractivity contribution in [3.63, 3.8) is 0 Å². The van der Waals surface area contributed by atoms with E-state index in [4.69, 9.17) is 0 Å². The van der Waals surface area contributed by atoms with Gasteiger partial charge in [-0.2, -0.15) is 0 Å². The van der Waals surface area contributed by atoms with Gasteiger partial charge in [-0.15, -0.1) is 11.3 Å². The molecule has 1 unspecified atom stereocenters. The molecule has 0 saturated carbocycles. The Bertz CT molecular complexity index is 574. The molecule has 2 N–H and O–H groups in total. The van der Waals surface area contributed by atoms with Gasteiger partial charge in [-0.3, -0.25) is 0 Å². The maximum absolute atomic E-state index is 11.5. The first kappa shape index (κ1) is 12.8. The Morgan fingerprint density at radius 3 is 2.28 bits per heavy atom. The molecule has 18 heavy (non-hydrogen) atoms. The SMILES string of the molecule is Cc1cc(C(O)(C(=O)O)c2ccccc2)c(C)s1. The van der Waals surface area contributed by atoms with E-state index in [-0.39, 0.29) is 0 Å². The molecule has 1 atom stereocenters. The minimum absolute atomic E-state index is 0.374. The Balaban J connectivity index is 2.66. The second-order valence-electron chi connectivity index (χ2n) is 4.21. The number of hydrogen-bond donors (Lipinski definition) is 2. The molecule has 0 amide bonds. The summed E-state index contributed by atoms with van der Waals surface area (Å²) in [5.74, 6) is -1.25. The van der Waals surface area contributed by atoms with Crippen molar-refractivity contribution in [2.75, 3.05) is 0 Å². The van der Waals surface area contributed by atoms with Crippen molar-refractivity contribution in [2.24, 2.45) is 0 Å². The Hall–Kier alpha value is -1.65. The Labute approximate surface area is 109 Å². The van der Waals surface area contributed by atoms with Crippen LogP contribution in [0.3, 0.4) is 0 Å². The lowest BCUT2D eigenvalue weighted by molar-refractivity contribution is -0.155. The first-order valence-corrected chi connectivity index (χ1v) is 6.36. The van der Waals surface area contributed by atoms with E-state index >= 15 is 0 Å². The van der Waals surface area contributed by atoms with Crippen molar-refractivity contribution in [1.29, 1.82) is 0 Å². The number of aliphatic carboxylic acids is 1. The number of aryl methyl sites for hydroxylation is 2. The summed E-state index contributed by atoms with van der Waals surface area (Å²) in [6.07, 6.45) is 0. The third-order valence-electron chi connectivity index (χ3n) is 2.93. The number of hydrogen-bond acceptors (Lipinski definition) is 3. The molecule has 0 aliphatic rings. The van der Waals surface area contributed by atoms with Gasteiger partial charge in [-0.25, -0.2) is 4.79 Å². The second-order valence-corrected chi connectivity index (χ2v) is 5.67. The number of aliphatic hydroxyl groups is 1. The van der Waals surface area contributed by atoms with Gasteiger partial charge in [0.05, 0.1) is 0 Å². The van der Waals surface area contributed by atoms with Gasteiger partial charge in [0.1, 0.15) is 0 Å². The largest absolute Gasteiger partial charge is 0.479 e. The minimum Gasteiger partial charge on any atom is -0.479 e. The highest BCUT2D eigenvalue weighted by Crippen LogP contribution is 2.36. The first-order valence-electron chi connectivity index (χ1n) is 5.55. The van der Waals surface area contributed by atoms with Gasteiger partial charge in [0, 0.05) is 15.3 Å². The van der Waals surface area contributed by atoms with Crippen LogP contribution in [0.4, 0.5) is 0 Å². The predicted molar refractivity (Wildman–Crippen MR) is 70.9 cm³/mol. The molecule has 1 aromatic carbocycles. The third kappa shape index (κ3) is 1.94. The van der Waals surface area contributed by atoms with Crippen LogP contribution in [0.2, 0.25) is 0 Å². The second kappa shape index (κ2) is 4.55. The smallest absolute Gasteiger partial charge is 0.345 e. The molecule has 4 heteroatoms. The Morgan fingerprint density at radius 1 is 1.22 bits per heavy atom. The molecule has 1 aromatic heterocycles. The van der Waals surface area contributed by atoms with Crippen molar-refractivity contribution >= 4 is 17.3 Å². The molecule has 1 heterocycles. The summed E-state index contributed by atoms with van der Waals surface area (Å²) in [5.41, 5.74) is -1.15. The molecule has 0 aliphatic heterocycles. The van der Waals surface area contributed by atoms with Gasteiger partial charge in [0.2, 0.25) is 5.60 Å². The molecule has 94 valence electrons. The molecular weight excluding hydrogens is 248 g/mol. The first-order chi connectivity index (χ1) is 8.46. The van der Waals surface area contributed by atoms with Crippen molar-refractivity contribution in [3.05, 3.63) is 57.3 Å². The summed E-state index contributed by atoms with van der Waals surface area (Å²) in [4.78, 5) is 13.3. The number of carboxylic acids is 1. The highest BCUT2D eigenvalue weighted by atomic mass is 32.1. The molecule has 3 nitrogen and oxygen atoms in total. The predicted octanol–water partition coefficient (Wildman–Crippen LogP) is 2.69. The molecule has 0 aliphatic carbocycles. The number of rotatable bonds is 3. The van der Waals surface area contributed by atoms with Gasteiger partial charge in [-0.1, -0.05) is 30.3 Å². The fourth-order valence-electron chi connectivity index (χ4n) is 2.06. The van der Waals surface area contributed by atoms with E-state index in [1.54, 1.807) is 36.4 Å². The molecule has 0 bridgehead atoms. The van der Waals surface area contributed by atoms with Gasteiger partial charge < -0.3 is 10.2 Å². The van der Waals surface area contributed by atoms with Gasteiger partial charge in [-0.05, 0) is 25.5 Å². The van der Waals surface area contributed by atoms with E-state index in [0.29, 0.717) is 11.1 Å². The number of carbonyl (C=O) groups is 1. The van der Waals surface area contributed by atoms with Crippen LogP contribution in [0.25, 0.3) is 0 Å². The van der Waals surface area contributed by atoms with Crippen LogP contribution in [-0.4, -0.2) is 16.2 Å². The number of thiophene rings is 1. The van der Waals surface area contributed by atoms with Gasteiger partial charge in [0.25, 0.3) is 0 Å². The summed E-state index contributed by atoms with van der Waals surface area (Å²) in [6.45, 7) is 3.72. The third-order valence-corrected chi connectivity index (χ3v) is 3.90. The molecule has 0 fully saturated rings. The van der Waals surface area contributed by atoms with Crippen LogP contribution in [0, 0.1) is 13.8 Å². The summed E-state index contributed by atoms with van der Waals surface area (Å²) in [6, 6.07) is 10.2. The molecule has 2 rings (SSSR count). The van der Waals surface area contributed by atoms with Crippen molar-refractivity contribution in [2.45, 2.75) is 19.4 Å². The van der Waals surface area contributed by atoms with E-state index in [1.807, 2.05) is 13.8 Å². The Morgan fingerprint density at radius 2 is 1.83 bits per heavy atom. The lowest BCUT2D eigenvalue weighted by atomic mass is 9.86. The summed E-state index contributed by atoms with van der Waals surface area (Å²) in [5, 5.41) is 20.1. The monoisotopic (exact) mass is 262 g/mol. The van der Waals surface area contributed by atoms with E-state index in [9.17, 15) is 15.0 Å². The highest BCUT2D eigenvalue weighted by Gasteiger charge is 2.41. The van der Waals surface area contributed by atoms with Crippen LogP contribution in [0.15, 0.2) is 36.4 Å². The quantitative estimate of drug-likeness (QED) is 0.894. The van der Waals surface area contributed by atoms with Crippen LogP contribution < -0.4 is 0 Å². The highest BCUT2D eigenvalue weighted by molar-refractivity contribution is 7.12. The van der Waals surface area contributed by atoms with Crippen LogP contribution in [0.1, 0.15) is 20.9 Å². The van der Waals surface area contributed by atoms with Crippen molar-refractivity contribution in [3.8, 4) is 0 Å². The maximum Gasteiger partial charge on any atom is 0.345 e. The average Bonchev–Trinajstić information content (AvgIpc) is 2.68.